The molecule has 0 aromatic heterocycles. The maximum atomic E-state index is 13.6. The van der Waals surface area contributed by atoms with Gasteiger partial charge < -0.3 is 15.2 Å². The Kier molecular flexibility index (Phi) is 7.95. The number of amides is 2. The third-order valence-corrected chi connectivity index (χ3v) is 8.65. The first-order chi connectivity index (χ1) is 20.4. The Morgan fingerprint density at radius 1 is 0.881 bits per heavy atom. The highest BCUT2D eigenvalue weighted by Crippen LogP contribution is 2.44. The van der Waals surface area contributed by atoms with Crippen LogP contribution in [0.15, 0.2) is 78.9 Å². The summed E-state index contributed by atoms with van der Waals surface area (Å²) < 4.78 is 5.77. The van der Waals surface area contributed by atoms with Crippen LogP contribution in [0.2, 0.25) is 0 Å². The van der Waals surface area contributed by atoms with Crippen molar-refractivity contribution in [3.63, 3.8) is 0 Å². The van der Waals surface area contributed by atoms with Gasteiger partial charge in [-0.25, -0.2) is 15.1 Å². The molecule has 2 aliphatic carbocycles. The largest absolute Gasteiger partial charge is 0.479 e. The fourth-order valence-corrected chi connectivity index (χ4v) is 6.14. The first-order valence-electron chi connectivity index (χ1n) is 14.5. The van der Waals surface area contributed by atoms with E-state index in [-0.39, 0.29) is 18.4 Å². The Morgan fingerprint density at radius 3 is 2.07 bits per heavy atom. The molecule has 218 valence electrons. The number of aliphatic carboxylic acids is 1. The van der Waals surface area contributed by atoms with Gasteiger partial charge in [0.2, 0.25) is 0 Å². The van der Waals surface area contributed by atoms with E-state index in [9.17, 15) is 19.5 Å². The number of hydrogen-bond acceptors (Lipinski definition) is 6. The molecule has 2 fully saturated rings. The minimum Gasteiger partial charge on any atom is -0.479 e. The summed E-state index contributed by atoms with van der Waals surface area (Å²) in [5, 5.41) is 12.4. The third-order valence-electron chi connectivity index (χ3n) is 8.65. The second-order valence-corrected chi connectivity index (χ2v) is 11.4. The van der Waals surface area contributed by atoms with Crippen LogP contribution < -0.4 is 10.8 Å². The molecule has 0 bridgehead atoms. The van der Waals surface area contributed by atoms with Crippen molar-refractivity contribution < 1.29 is 29.1 Å². The summed E-state index contributed by atoms with van der Waals surface area (Å²) in [6, 6.07) is 26.3. The van der Waals surface area contributed by atoms with Gasteiger partial charge in [0.25, 0.3) is 5.91 Å². The highest BCUT2D eigenvalue weighted by atomic mass is 16.7. The monoisotopic (exact) mass is 569 g/mol. The lowest BCUT2D eigenvalue weighted by Gasteiger charge is -2.40. The molecule has 3 N–H and O–H groups in total. The predicted molar refractivity (Wildman–Crippen MR) is 155 cm³/mol. The molecule has 1 aliphatic heterocycles. The second kappa shape index (κ2) is 12.0. The summed E-state index contributed by atoms with van der Waals surface area (Å²) >= 11 is 0. The van der Waals surface area contributed by atoms with Gasteiger partial charge in [0.05, 0.1) is 0 Å². The molecule has 42 heavy (non-hydrogen) atoms. The lowest BCUT2D eigenvalue weighted by Crippen LogP contribution is -2.63. The van der Waals surface area contributed by atoms with Crippen LogP contribution >= 0.6 is 0 Å². The van der Waals surface area contributed by atoms with E-state index in [1.54, 1.807) is 0 Å². The van der Waals surface area contributed by atoms with E-state index in [0.717, 1.165) is 47.2 Å². The topological polar surface area (TPSA) is 117 Å². The highest BCUT2D eigenvalue weighted by Gasteiger charge is 2.45. The van der Waals surface area contributed by atoms with Gasteiger partial charge >= 0.3 is 12.1 Å². The quantitative estimate of drug-likeness (QED) is 0.309. The van der Waals surface area contributed by atoms with Gasteiger partial charge in [-0.05, 0) is 59.4 Å². The number of benzene rings is 3. The summed E-state index contributed by atoms with van der Waals surface area (Å²) in [7, 11) is 0. The van der Waals surface area contributed by atoms with Crippen molar-refractivity contribution in [1.29, 1.82) is 0 Å². The minimum atomic E-state index is -1.30. The van der Waals surface area contributed by atoms with Gasteiger partial charge in [0.1, 0.15) is 12.1 Å². The van der Waals surface area contributed by atoms with Crippen LogP contribution in [0.5, 0.6) is 0 Å². The number of carbonyl (C=O) groups is 3. The van der Waals surface area contributed by atoms with Crippen molar-refractivity contribution in [2.75, 3.05) is 19.7 Å². The van der Waals surface area contributed by atoms with E-state index in [1.165, 1.54) is 0 Å². The van der Waals surface area contributed by atoms with Crippen LogP contribution in [0.4, 0.5) is 4.79 Å². The number of ether oxygens (including phenoxy) is 1. The number of rotatable bonds is 10. The van der Waals surface area contributed by atoms with Crippen molar-refractivity contribution in [2.24, 2.45) is 5.92 Å². The van der Waals surface area contributed by atoms with Crippen LogP contribution in [-0.2, 0) is 25.7 Å². The molecule has 1 saturated carbocycles. The van der Waals surface area contributed by atoms with Gasteiger partial charge in [0.15, 0.2) is 6.10 Å². The van der Waals surface area contributed by atoms with E-state index < -0.39 is 29.6 Å². The van der Waals surface area contributed by atoms with E-state index in [1.807, 2.05) is 42.5 Å². The first kappa shape index (κ1) is 27.9. The normalized spacial score (nSPS) is 18.4. The average Bonchev–Trinajstić information content (AvgIpc) is 3.79. The lowest BCUT2D eigenvalue weighted by molar-refractivity contribution is -0.165. The smallest absolute Gasteiger partial charge is 0.408 e. The summed E-state index contributed by atoms with van der Waals surface area (Å²) in [6.45, 7) is 1.95. The Morgan fingerprint density at radius 2 is 1.48 bits per heavy atom. The second-order valence-electron chi connectivity index (χ2n) is 11.4. The zero-order valence-electron chi connectivity index (χ0n) is 23.3. The summed E-state index contributed by atoms with van der Waals surface area (Å²) in [5.74, 6) is -1.92. The van der Waals surface area contributed by atoms with E-state index >= 15 is 0 Å². The standard InChI is InChI=1S/C33H35N3O6/c37-30(38)29(23-14-15-23)42-35-31(39)33(16-18-36(19-17-33)20-22-8-2-1-3-9-22)34-32(40)41-21-28-26-12-6-4-10-24(26)25-11-5-7-13-27(25)28/h1-13,23,28-29H,14-21H2,(H,34,40)(H,35,39)(H,37,38). The van der Waals surface area contributed by atoms with Crippen LogP contribution in [0.3, 0.4) is 0 Å². The van der Waals surface area contributed by atoms with Gasteiger partial charge in [-0.15, -0.1) is 0 Å². The summed E-state index contributed by atoms with van der Waals surface area (Å²) in [5.41, 5.74) is 6.70. The van der Waals surface area contributed by atoms with E-state index in [4.69, 9.17) is 9.57 Å². The number of fused-ring (bicyclic) bond motifs is 3. The zero-order valence-corrected chi connectivity index (χ0v) is 23.3. The number of nitrogens with one attached hydrogen (secondary N) is 2. The number of carboxylic acids is 1. The zero-order chi connectivity index (χ0) is 29.1. The molecule has 9 nitrogen and oxygen atoms in total. The van der Waals surface area contributed by atoms with Crippen molar-refractivity contribution in [2.45, 2.75) is 49.8 Å². The molecule has 6 rings (SSSR count). The number of alkyl carbamates (subject to hydrolysis) is 1. The number of hydrogen-bond donors (Lipinski definition) is 3. The molecule has 1 saturated heterocycles. The molecule has 3 aromatic rings. The lowest BCUT2D eigenvalue weighted by atomic mass is 9.86. The Labute approximate surface area is 244 Å². The summed E-state index contributed by atoms with van der Waals surface area (Å²) in [6.07, 6.45) is 0.314. The number of carboxylic acid groups (broad SMARTS) is 1. The van der Waals surface area contributed by atoms with Crippen molar-refractivity contribution in [3.8, 4) is 11.1 Å². The molecule has 0 radical (unpaired) electrons. The Bertz CT molecular complexity index is 1400. The number of hydroxylamine groups is 1. The molecule has 3 aliphatic rings. The van der Waals surface area contributed by atoms with Crippen LogP contribution in [0.25, 0.3) is 11.1 Å². The third kappa shape index (κ3) is 5.89. The molecule has 3 aromatic carbocycles. The molecule has 1 unspecified atom stereocenters. The molecule has 0 spiro atoms. The fourth-order valence-electron chi connectivity index (χ4n) is 6.14. The number of carbonyl (C=O) groups excluding carboxylic acids is 2. The van der Waals surface area contributed by atoms with Gasteiger partial charge in [-0.1, -0.05) is 78.9 Å². The Hall–Kier alpha value is -4.21. The minimum absolute atomic E-state index is 0.112. The average molecular weight is 570 g/mol. The van der Waals surface area contributed by atoms with Crippen LogP contribution in [-0.4, -0.2) is 59.3 Å². The van der Waals surface area contributed by atoms with E-state index in [0.29, 0.717) is 25.9 Å². The van der Waals surface area contributed by atoms with Crippen LogP contribution in [0, 0.1) is 5.92 Å². The number of nitrogens with zero attached hydrogens (tertiary/aromatic N) is 1. The van der Waals surface area contributed by atoms with Gasteiger partial charge in [-0.3, -0.25) is 14.5 Å². The van der Waals surface area contributed by atoms with Crippen molar-refractivity contribution in [3.05, 3.63) is 95.6 Å². The highest BCUT2D eigenvalue weighted by molar-refractivity contribution is 5.89. The van der Waals surface area contributed by atoms with Gasteiger partial charge in [-0.2, -0.15) is 0 Å². The fraction of sp³-hybridized carbons (Fsp3) is 0.364. The SMILES string of the molecule is O=C(NC1(C(=O)NOC(C(=O)O)C2CC2)CCN(Cc2ccccc2)CC1)OCC1c2ccccc2-c2ccccc21. The molecule has 9 heteroatoms. The first-order valence-corrected chi connectivity index (χ1v) is 14.5. The maximum Gasteiger partial charge on any atom is 0.408 e. The maximum absolute atomic E-state index is 13.6. The van der Waals surface area contributed by atoms with Gasteiger partial charge in [0, 0.05) is 25.6 Å². The van der Waals surface area contributed by atoms with Crippen molar-refractivity contribution >= 4 is 18.0 Å². The number of likely N-dealkylation sites (tertiary alicyclic amines) is 1. The predicted octanol–water partition coefficient (Wildman–Crippen LogP) is 4.47. The molecular weight excluding hydrogens is 534 g/mol. The van der Waals surface area contributed by atoms with E-state index in [2.05, 4.69) is 52.1 Å². The van der Waals surface area contributed by atoms with Crippen LogP contribution in [0.1, 0.15) is 48.3 Å². The summed E-state index contributed by atoms with van der Waals surface area (Å²) in [4.78, 5) is 46.1. The molecule has 1 heterocycles. The Balaban J connectivity index is 1.14. The number of piperidine rings is 1. The molecule has 2 amide bonds. The van der Waals surface area contributed by atoms with Crippen molar-refractivity contribution in [1.82, 2.24) is 15.7 Å². The molecule has 1 atom stereocenters. The molecular formula is C33H35N3O6.